The van der Waals surface area contributed by atoms with Gasteiger partial charge in [-0.2, -0.15) is 0 Å². The second-order valence-corrected chi connectivity index (χ2v) is 2.93. The first-order chi connectivity index (χ1) is 7.74. The van der Waals surface area contributed by atoms with Crippen LogP contribution in [0.4, 0.5) is 8.78 Å². The average molecular weight is 221 g/mol. The molecule has 0 aliphatic rings. The zero-order chi connectivity index (χ0) is 11.8. The third kappa shape index (κ3) is 3.99. The fourth-order valence-corrected chi connectivity index (χ4v) is 1.03. The van der Waals surface area contributed by atoms with Gasteiger partial charge in [0.2, 0.25) is 0 Å². The number of nitrogens with zero attached hydrogens (tertiary/aromatic N) is 3. The summed E-state index contributed by atoms with van der Waals surface area (Å²) in [6.45, 7) is 0.318. The summed E-state index contributed by atoms with van der Waals surface area (Å²) in [4.78, 5) is 2.59. The fourth-order valence-electron chi connectivity index (χ4n) is 1.03. The molecule has 16 heavy (non-hydrogen) atoms. The SMILES string of the molecule is [N-]=[N+]=NCCC#Cc1ccc(C(F)F)cc1. The molecule has 0 heterocycles. The predicted molar refractivity (Wildman–Crippen MR) is 56.9 cm³/mol. The van der Waals surface area contributed by atoms with Gasteiger partial charge in [0.25, 0.3) is 6.43 Å². The van der Waals surface area contributed by atoms with Gasteiger partial charge in [0, 0.05) is 29.0 Å². The molecule has 0 unspecified atom stereocenters. The fraction of sp³-hybridized carbons (Fsp3) is 0.273. The molecule has 0 aromatic heterocycles. The summed E-state index contributed by atoms with van der Waals surface area (Å²) in [6.07, 6.45) is -1.99. The third-order valence-electron chi connectivity index (χ3n) is 1.80. The minimum absolute atomic E-state index is 0.0142. The van der Waals surface area contributed by atoms with Crippen molar-refractivity contribution < 1.29 is 8.78 Å². The first-order valence-corrected chi connectivity index (χ1v) is 4.62. The number of halogens is 2. The highest BCUT2D eigenvalue weighted by Crippen LogP contribution is 2.18. The summed E-state index contributed by atoms with van der Waals surface area (Å²) < 4.78 is 24.4. The Morgan fingerprint density at radius 1 is 1.31 bits per heavy atom. The molecule has 0 bridgehead atoms. The maximum absolute atomic E-state index is 12.2. The van der Waals surface area contributed by atoms with E-state index >= 15 is 0 Å². The summed E-state index contributed by atoms with van der Waals surface area (Å²) in [5.74, 6) is 5.57. The zero-order valence-electron chi connectivity index (χ0n) is 8.40. The van der Waals surface area contributed by atoms with Gasteiger partial charge in [-0.15, -0.1) is 0 Å². The Morgan fingerprint density at radius 2 is 2.00 bits per heavy atom. The van der Waals surface area contributed by atoms with E-state index in [0.717, 1.165) is 0 Å². The van der Waals surface area contributed by atoms with Gasteiger partial charge in [0.05, 0.1) is 0 Å². The van der Waals surface area contributed by atoms with E-state index in [4.69, 9.17) is 5.53 Å². The van der Waals surface area contributed by atoms with Crippen LogP contribution >= 0.6 is 0 Å². The quantitative estimate of drug-likeness (QED) is 0.246. The van der Waals surface area contributed by atoms with Crippen molar-refractivity contribution >= 4 is 0 Å². The van der Waals surface area contributed by atoms with E-state index < -0.39 is 6.43 Å². The normalized spacial score (nSPS) is 9.19. The van der Waals surface area contributed by atoms with E-state index in [9.17, 15) is 8.78 Å². The van der Waals surface area contributed by atoms with Gasteiger partial charge >= 0.3 is 0 Å². The van der Waals surface area contributed by atoms with Crippen molar-refractivity contribution in [2.24, 2.45) is 5.11 Å². The van der Waals surface area contributed by atoms with Crippen molar-refractivity contribution in [1.29, 1.82) is 0 Å². The second kappa shape index (κ2) is 6.44. The van der Waals surface area contributed by atoms with E-state index in [1.165, 1.54) is 12.1 Å². The lowest BCUT2D eigenvalue weighted by molar-refractivity contribution is 0.151. The van der Waals surface area contributed by atoms with Crippen LogP contribution in [0.3, 0.4) is 0 Å². The van der Waals surface area contributed by atoms with Gasteiger partial charge in [0.15, 0.2) is 0 Å². The highest BCUT2D eigenvalue weighted by molar-refractivity contribution is 5.36. The Labute approximate surface area is 91.7 Å². The monoisotopic (exact) mass is 221 g/mol. The number of azide groups is 1. The van der Waals surface area contributed by atoms with Gasteiger partial charge < -0.3 is 0 Å². The molecule has 0 radical (unpaired) electrons. The number of rotatable bonds is 3. The van der Waals surface area contributed by atoms with Crippen molar-refractivity contribution in [1.82, 2.24) is 0 Å². The zero-order valence-corrected chi connectivity index (χ0v) is 8.40. The molecule has 0 saturated heterocycles. The van der Waals surface area contributed by atoms with Crippen LogP contribution in [0.1, 0.15) is 24.0 Å². The van der Waals surface area contributed by atoms with Crippen molar-refractivity contribution in [3.8, 4) is 11.8 Å². The highest BCUT2D eigenvalue weighted by Gasteiger charge is 2.04. The Balaban J connectivity index is 2.57. The lowest BCUT2D eigenvalue weighted by atomic mass is 10.1. The standard InChI is InChI=1S/C11H9F2N3/c12-11(13)10-6-4-9(5-7-10)3-1-2-8-15-16-14/h4-7,11H,2,8H2. The largest absolute Gasteiger partial charge is 0.263 e. The number of hydrogen-bond donors (Lipinski definition) is 0. The van der Waals surface area contributed by atoms with Crippen molar-refractivity contribution in [2.45, 2.75) is 12.8 Å². The van der Waals surface area contributed by atoms with Crippen LogP contribution in [0.2, 0.25) is 0 Å². The molecule has 0 atom stereocenters. The molecule has 0 fully saturated rings. The maximum Gasteiger partial charge on any atom is 0.263 e. The van der Waals surface area contributed by atoms with E-state index in [-0.39, 0.29) is 5.56 Å². The highest BCUT2D eigenvalue weighted by atomic mass is 19.3. The van der Waals surface area contributed by atoms with Gasteiger partial charge in [0.1, 0.15) is 0 Å². The van der Waals surface area contributed by atoms with E-state index in [0.29, 0.717) is 18.5 Å². The minimum Gasteiger partial charge on any atom is -0.205 e. The predicted octanol–water partition coefficient (Wildman–Crippen LogP) is 3.68. The molecule has 3 nitrogen and oxygen atoms in total. The molecule has 0 N–H and O–H groups in total. The van der Waals surface area contributed by atoms with Crippen LogP contribution in [-0.2, 0) is 0 Å². The maximum atomic E-state index is 12.2. The Kier molecular flexibility index (Phi) is 4.84. The summed E-state index contributed by atoms with van der Waals surface area (Å²) in [5, 5.41) is 3.32. The van der Waals surface area contributed by atoms with Crippen LogP contribution < -0.4 is 0 Å². The van der Waals surface area contributed by atoms with E-state index in [1.807, 2.05) is 0 Å². The Bertz CT molecular complexity index is 437. The van der Waals surface area contributed by atoms with Gasteiger partial charge in [-0.3, -0.25) is 0 Å². The van der Waals surface area contributed by atoms with Crippen molar-refractivity contribution in [3.63, 3.8) is 0 Å². The van der Waals surface area contributed by atoms with Crippen LogP contribution in [0.15, 0.2) is 29.4 Å². The summed E-state index contributed by atoms with van der Waals surface area (Å²) in [5.41, 5.74) is 8.66. The van der Waals surface area contributed by atoms with Gasteiger partial charge in [-0.25, -0.2) is 8.78 Å². The number of hydrogen-bond acceptors (Lipinski definition) is 1. The molecule has 0 aliphatic heterocycles. The molecule has 1 rings (SSSR count). The van der Waals surface area contributed by atoms with Gasteiger partial charge in [-0.05, 0) is 17.7 Å². The second-order valence-electron chi connectivity index (χ2n) is 2.93. The van der Waals surface area contributed by atoms with Crippen molar-refractivity contribution in [3.05, 3.63) is 45.8 Å². The molecule has 5 heteroatoms. The molecule has 0 spiro atoms. The summed E-state index contributed by atoms with van der Waals surface area (Å²) in [6, 6.07) is 5.79. The molecule has 1 aromatic carbocycles. The van der Waals surface area contributed by atoms with E-state index in [2.05, 4.69) is 21.9 Å². The topological polar surface area (TPSA) is 48.8 Å². The van der Waals surface area contributed by atoms with Crippen LogP contribution in [0.25, 0.3) is 10.4 Å². The number of alkyl halides is 2. The molecular formula is C11H9F2N3. The average Bonchev–Trinajstić information content (AvgIpc) is 2.29. The molecule has 0 aliphatic carbocycles. The first kappa shape index (κ1) is 12.0. The Morgan fingerprint density at radius 3 is 2.56 bits per heavy atom. The smallest absolute Gasteiger partial charge is 0.205 e. The summed E-state index contributed by atoms with van der Waals surface area (Å²) in [7, 11) is 0. The van der Waals surface area contributed by atoms with Crippen LogP contribution in [-0.4, -0.2) is 6.54 Å². The molecule has 82 valence electrons. The lowest BCUT2D eigenvalue weighted by Gasteiger charge is -1.97. The lowest BCUT2D eigenvalue weighted by Crippen LogP contribution is -1.83. The number of benzene rings is 1. The van der Waals surface area contributed by atoms with E-state index in [1.54, 1.807) is 12.1 Å². The molecule has 0 saturated carbocycles. The summed E-state index contributed by atoms with van der Waals surface area (Å²) >= 11 is 0. The van der Waals surface area contributed by atoms with Crippen LogP contribution in [0, 0.1) is 11.8 Å². The van der Waals surface area contributed by atoms with Crippen molar-refractivity contribution in [2.75, 3.05) is 6.54 Å². The Hall–Kier alpha value is -2.05. The van der Waals surface area contributed by atoms with Crippen LogP contribution in [0.5, 0.6) is 0 Å². The first-order valence-electron chi connectivity index (χ1n) is 4.62. The minimum atomic E-state index is -2.45. The third-order valence-corrected chi connectivity index (χ3v) is 1.80. The van der Waals surface area contributed by atoms with Gasteiger partial charge in [-0.1, -0.05) is 29.1 Å². The molecular weight excluding hydrogens is 212 g/mol. The molecule has 1 aromatic rings. The molecule has 0 amide bonds.